The minimum atomic E-state index is 0.487. The van der Waals surface area contributed by atoms with Gasteiger partial charge in [0.15, 0.2) is 0 Å². The van der Waals surface area contributed by atoms with Crippen LogP contribution < -0.4 is 0 Å². The Morgan fingerprint density at radius 2 is 1.52 bits per heavy atom. The summed E-state index contributed by atoms with van der Waals surface area (Å²) in [6.07, 6.45) is 5.49. The van der Waals surface area contributed by atoms with Gasteiger partial charge in [0, 0.05) is 28.6 Å². The summed E-state index contributed by atoms with van der Waals surface area (Å²) >= 11 is 6.34. The molecule has 1 aliphatic carbocycles. The topological polar surface area (TPSA) is 25.8 Å². The van der Waals surface area contributed by atoms with Crippen molar-refractivity contribution in [2.45, 2.75) is 19.3 Å². The zero-order valence-electron chi connectivity index (χ0n) is 14.8. The van der Waals surface area contributed by atoms with Crippen LogP contribution >= 0.6 is 11.6 Å². The highest BCUT2D eigenvalue weighted by atomic mass is 35.5. The van der Waals surface area contributed by atoms with Crippen LogP contribution in [-0.4, -0.2) is 9.97 Å². The van der Waals surface area contributed by atoms with Gasteiger partial charge in [-0.1, -0.05) is 72.6 Å². The number of benzene rings is 2. The standard InChI is InChI=1S/C24H18ClN2/c25-24-21-15-20(18-5-2-1-3-6-18)23(27-22(21)13-14-26-24)19-11-9-17(10-12-19)16-7-4-8-16/h1-3,5-6,9-15H,4,7-8H2. The van der Waals surface area contributed by atoms with E-state index >= 15 is 0 Å². The minimum Gasteiger partial charge on any atom is -0.247 e. The molecule has 0 aliphatic heterocycles. The number of fused-ring (bicyclic) bond motifs is 1. The van der Waals surface area contributed by atoms with Gasteiger partial charge in [0.1, 0.15) is 5.15 Å². The van der Waals surface area contributed by atoms with Crippen LogP contribution in [0.3, 0.4) is 0 Å². The molecule has 0 atom stereocenters. The minimum absolute atomic E-state index is 0.487. The third kappa shape index (κ3) is 3.00. The first kappa shape index (κ1) is 16.5. The summed E-state index contributed by atoms with van der Waals surface area (Å²) in [4.78, 5) is 9.17. The van der Waals surface area contributed by atoms with Gasteiger partial charge >= 0.3 is 0 Å². The van der Waals surface area contributed by atoms with E-state index in [1.807, 2.05) is 24.3 Å². The molecule has 1 saturated carbocycles. The fourth-order valence-electron chi connectivity index (χ4n) is 3.63. The van der Waals surface area contributed by atoms with Gasteiger partial charge < -0.3 is 0 Å². The van der Waals surface area contributed by atoms with Gasteiger partial charge in [-0.05, 0) is 36.1 Å². The first-order chi connectivity index (χ1) is 13.3. The Hall–Kier alpha value is -2.71. The smallest absolute Gasteiger partial charge is 0.138 e. The molecule has 2 aromatic heterocycles. The lowest BCUT2D eigenvalue weighted by Crippen LogP contribution is -2.09. The normalized spacial score (nSPS) is 14.3. The Kier molecular flexibility index (Phi) is 4.14. The van der Waals surface area contributed by atoms with E-state index in [0.29, 0.717) is 5.15 Å². The molecule has 0 amide bonds. The summed E-state index contributed by atoms with van der Waals surface area (Å²) in [5.41, 5.74) is 6.51. The van der Waals surface area contributed by atoms with E-state index < -0.39 is 0 Å². The van der Waals surface area contributed by atoms with Crippen LogP contribution in [0.4, 0.5) is 0 Å². The SMILES string of the molecule is Clc1nccc2nc(-c3ccc([C]4CCC4)cc3)c(-c3ccccc3)cc12. The van der Waals surface area contributed by atoms with Crippen molar-refractivity contribution in [1.82, 2.24) is 9.97 Å². The van der Waals surface area contributed by atoms with E-state index in [-0.39, 0.29) is 0 Å². The molecule has 0 bridgehead atoms. The Morgan fingerprint density at radius 1 is 0.778 bits per heavy atom. The third-order valence-corrected chi connectivity index (χ3v) is 5.60. The van der Waals surface area contributed by atoms with Gasteiger partial charge in [-0.3, -0.25) is 0 Å². The van der Waals surface area contributed by atoms with Crippen molar-refractivity contribution < 1.29 is 0 Å². The summed E-state index contributed by atoms with van der Waals surface area (Å²) in [6, 6.07) is 23.2. The summed E-state index contributed by atoms with van der Waals surface area (Å²) in [7, 11) is 0. The zero-order valence-corrected chi connectivity index (χ0v) is 15.6. The molecule has 2 heterocycles. The van der Waals surface area contributed by atoms with Crippen molar-refractivity contribution in [3.8, 4) is 22.4 Å². The van der Waals surface area contributed by atoms with Crippen molar-refractivity contribution in [3.05, 3.63) is 89.6 Å². The maximum absolute atomic E-state index is 6.34. The van der Waals surface area contributed by atoms with Crippen molar-refractivity contribution >= 4 is 22.5 Å². The van der Waals surface area contributed by atoms with Crippen molar-refractivity contribution in [3.63, 3.8) is 0 Å². The molecule has 1 fully saturated rings. The molecule has 131 valence electrons. The predicted octanol–water partition coefficient (Wildman–Crippen LogP) is 6.72. The Labute approximate surface area is 163 Å². The molecule has 0 spiro atoms. The van der Waals surface area contributed by atoms with Gasteiger partial charge in [0.05, 0.1) is 11.2 Å². The molecular weight excluding hydrogens is 352 g/mol. The van der Waals surface area contributed by atoms with E-state index in [1.54, 1.807) is 12.1 Å². The quantitative estimate of drug-likeness (QED) is 0.374. The predicted molar refractivity (Wildman–Crippen MR) is 112 cm³/mol. The lowest BCUT2D eigenvalue weighted by Gasteiger charge is -2.25. The lowest BCUT2D eigenvalue weighted by atomic mass is 9.80. The summed E-state index contributed by atoms with van der Waals surface area (Å²) in [5.74, 6) is 1.56. The highest BCUT2D eigenvalue weighted by molar-refractivity contribution is 6.34. The second-order valence-electron chi connectivity index (χ2n) is 6.95. The lowest BCUT2D eigenvalue weighted by molar-refractivity contribution is 0.577. The summed E-state index contributed by atoms with van der Waals surface area (Å²) < 4.78 is 0. The fraction of sp³-hybridized carbons (Fsp3) is 0.125. The van der Waals surface area contributed by atoms with Crippen LogP contribution in [0.1, 0.15) is 24.8 Å². The molecule has 1 radical (unpaired) electrons. The first-order valence-corrected chi connectivity index (χ1v) is 9.63. The van der Waals surface area contributed by atoms with E-state index in [9.17, 15) is 0 Å². The average molecular weight is 370 g/mol. The average Bonchev–Trinajstić information content (AvgIpc) is 2.67. The summed E-state index contributed by atoms with van der Waals surface area (Å²) in [6.45, 7) is 0. The zero-order chi connectivity index (χ0) is 18.2. The molecule has 27 heavy (non-hydrogen) atoms. The highest BCUT2D eigenvalue weighted by Crippen LogP contribution is 2.38. The molecule has 4 aromatic rings. The van der Waals surface area contributed by atoms with Crippen LogP contribution in [-0.2, 0) is 0 Å². The van der Waals surface area contributed by atoms with Crippen molar-refractivity contribution in [1.29, 1.82) is 0 Å². The number of rotatable bonds is 3. The van der Waals surface area contributed by atoms with E-state index in [4.69, 9.17) is 16.6 Å². The van der Waals surface area contributed by atoms with Crippen molar-refractivity contribution in [2.75, 3.05) is 0 Å². The maximum Gasteiger partial charge on any atom is 0.138 e. The second kappa shape index (κ2) is 6.79. The van der Waals surface area contributed by atoms with Gasteiger partial charge in [-0.15, -0.1) is 0 Å². The van der Waals surface area contributed by atoms with E-state index in [2.05, 4.69) is 47.4 Å². The number of hydrogen-bond acceptors (Lipinski definition) is 2. The highest BCUT2D eigenvalue weighted by Gasteiger charge is 2.20. The van der Waals surface area contributed by atoms with Crippen LogP contribution in [0, 0.1) is 5.92 Å². The molecule has 3 heteroatoms. The monoisotopic (exact) mass is 369 g/mol. The number of nitrogens with zero attached hydrogens (tertiary/aromatic N) is 2. The van der Waals surface area contributed by atoms with E-state index in [0.717, 1.165) is 33.3 Å². The molecule has 0 N–H and O–H groups in total. The number of hydrogen-bond donors (Lipinski definition) is 0. The molecule has 2 nitrogen and oxygen atoms in total. The van der Waals surface area contributed by atoms with Gasteiger partial charge in [0.2, 0.25) is 0 Å². The first-order valence-electron chi connectivity index (χ1n) is 9.26. The molecule has 5 rings (SSSR count). The number of aromatic nitrogens is 2. The Morgan fingerprint density at radius 3 is 2.22 bits per heavy atom. The second-order valence-corrected chi connectivity index (χ2v) is 7.31. The van der Waals surface area contributed by atoms with Gasteiger partial charge in [-0.2, -0.15) is 0 Å². The summed E-state index contributed by atoms with van der Waals surface area (Å²) in [5, 5.41) is 1.36. The van der Waals surface area contributed by atoms with Gasteiger partial charge in [-0.25, -0.2) is 9.97 Å². The Balaban J connectivity index is 1.69. The van der Waals surface area contributed by atoms with Crippen LogP contribution in [0.25, 0.3) is 33.3 Å². The number of pyridine rings is 2. The van der Waals surface area contributed by atoms with Crippen LogP contribution in [0.2, 0.25) is 5.15 Å². The van der Waals surface area contributed by atoms with Crippen LogP contribution in [0.5, 0.6) is 0 Å². The molecular formula is C24H18ClN2. The largest absolute Gasteiger partial charge is 0.247 e. The van der Waals surface area contributed by atoms with Crippen molar-refractivity contribution in [2.24, 2.45) is 0 Å². The molecule has 1 aliphatic rings. The molecule has 0 saturated heterocycles. The number of halogens is 1. The Bertz CT molecular complexity index is 1100. The fourth-order valence-corrected chi connectivity index (χ4v) is 3.83. The molecule has 0 unspecified atom stereocenters. The molecule has 2 aromatic carbocycles. The maximum atomic E-state index is 6.34. The van der Waals surface area contributed by atoms with Crippen LogP contribution in [0.15, 0.2) is 72.9 Å². The van der Waals surface area contributed by atoms with Gasteiger partial charge in [0.25, 0.3) is 0 Å². The third-order valence-electron chi connectivity index (χ3n) is 5.30. The van der Waals surface area contributed by atoms with E-state index in [1.165, 1.54) is 24.8 Å².